The molecular weight excluding hydrogens is 262 g/mol. The summed E-state index contributed by atoms with van der Waals surface area (Å²) in [5, 5.41) is 0. The number of aryl methyl sites for hydroxylation is 1. The number of nitrogens with zero attached hydrogens (tertiary/aromatic N) is 1. The van der Waals surface area contributed by atoms with Crippen LogP contribution in [0.4, 0.5) is 5.69 Å². The minimum Gasteiger partial charge on any atom is -0.497 e. The lowest BCUT2D eigenvalue weighted by molar-refractivity contribution is -0.117. The summed E-state index contributed by atoms with van der Waals surface area (Å²) in [6, 6.07) is 14.0. The molecule has 0 aromatic heterocycles. The first-order valence-electron chi connectivity index (χ1n) is 7.21. The van der Waals surface area contributed by atoms with Gasteiger partial charge in [0.2, 0.25) is 5.91 Å². The van der Waals surface area contributed by atoms with Crippen molar-refractivity contribution in [3.63, 3.8) is 0 Å². The van der Waals surface area contributed by atoms with Gasteiger partial charge in [0.15, 0.2) is 0 Å². The van der Waals surface area contributed by atoms with Crippen LogP contribution in [-0.4, -0.2) is 19.6 Å². The fourth-order valence-corrected chi connectivity index (χ4v) is 2.83. The lowest BCUT2D eigenvalue weighted by atomic mass is 10.1. The van der Waals surface area contributed by atoms with Crippen molar-refractivity contribution < 1.29 is 9.53 Å². The highest BCUT2D eigenvalue weighted by Gasteiger charge is 2.25. The first-order valence-corrected chi connectivity index (χ1v) is 7.21. The Labute approximate surface area is 125 Å². The molecule has 1 aliphatic heterocycles. The molecule has 2 aromatic carbocycles. The molecule has 0 unspecified atom stereocenters. The molecule has 0 bridgehead atoms. The van der Waals surface area contributed by atoms with Crippen molar-refractivity contribution in [2.45, 2.75) is 19.8 Å². The van der Waals surface area contributed by atoms with Crippen LogP contribution in [0.5, 0.6) is 5.75 Å². The molecule has 0 N–H and O–H groups in total. The Kier molecular flexibility index (Phi) is 3.65. The van der Waals surface area contributed by atoms with Gasteiger partial charge in [0, 0.05) is 12.2 Å². The third-order valence-electron chi connectivity index (χ3n) is 4.09. The number of amides is 1. The van der Waals surface area contributed by atoms with Crippen molar-refractivity contribution >= 4 is 11.6 Å². The Morgan fingerprint density at radius 1 is 1.24 bits per heavy atom. The normalized spacial score (nSPS) is 13.1. The maximum absolute atomic E-state index is 12.6. The Balaban J connectivity index is 1.81. The van der Waals surface area contributed by atoms with Gasteiger partial charge in [-0.05, 0) is 48.2 Å². The third-order valence-corrected chi connectivity index (χ3v) is 4.09. The fraction of sp³-hybridized carbons (Fsp3) is 0.278. The zero-order valence-corrected chi connectivity index (χ0v) is 12.4. The zero-order chi connectivity index (χ0) is 14.8. The van der Waals surface area contributed by atoms with E-state index in [1.165, 1.54) is 11.1 Å². The summed E-state index contributed by atoms with van der Waals surface area (Å²) in [4.78, 5) is 14.5. The predicted molar refractivity (Wildman–Crippen MR) is 83.9 cm³/mol. The van der Waals surface area contributed by atoms with Gasteiger partial charge in [-0.25, -0.2) is 0 Å². The number of ether oxygens (including phenoxy) is 1. The SMILES string of the molecule is COc1ccc2c(c1)CCN2C(=O)Cc1ccccc1C. The summed E-state index contributed by atoms with van der Waals surface area (Å²) < 4.78 is 5.24. The maximum atomic E-state index is 12.6. The van der Waals surface area contributed by atoms with E-state index in [1.54, 1.807) is 7.11 Å². The van der Waals surface area contributed by atoms with Gasteiger partial charge in [0.05, 0.1) is 13.5 Å². The molecule has 1 amide bonds. The van der Waals surface area contributed by atoms with Gasteiger partial charge in [-0.1, -0.05) is 24.3 Å². The second-order valence-electron chi connectivity index (χ2n) is 5.39. The molecular formula is C18H19NO2. The highest BCUT2D eigenvalue weighted by Crippen LogP contribution is 2.31. The van der Waals surface area contributed by atoms with Gasteiger partial charge in [-0.15, -0.1) is 0 Å². The van der Waals surface area contributed by atoms with E-state index in [0.717, 1.165) is 30.0 Å². The number of carbonyl (C=O) groups is 1. The standard InChI is InChI=1S/C18H19NO2/c1-13-5-3-4-6-14(13)12-18(20)19-10-9-15-11-16(21-2)7-8-17(15)19/h3-8,11H,9-10,12H2,1-2H3. The van der Waals surface area contributed by atoms with E-state index in [2.05, 4.69) is 0 Å². The predicted octanol–water partition coefficient (Wildman–Crippen LogP) is 3.14. The van der Waals surface area contributed by atoms with Crippen LogP contribution >= 0.6 is 0 Å². The topological polar surface area (TPSA) is 29.5 Å². The smallest absolute Gasteiger partial charge is 0.231 e. The summed E-state index contributed by atoms with van der Waals surface area (Å²) in [5.41, 5.74) is 4.48. The van der Waals surface area contributed by atoms with Gasteiger partial charge in [0.1, 0.15) is 5.75 Å². The summed E-state index contributed by atoms with van der Waals surface area (Å²) in [6.45, 7) is 2.80. The van der Waals surface area contributed by atoms with Crippen LogP contribution in [0.2, 0.25) is 0 Å². The van der Waals surface area contributed by atoms with Crippen LogP contribution in [0, 0.1) is 6.92 Å². The van der Waals surface area contributed by atoms with Crippen molar-refractivity contribution in [3.05, 3.63) is 59.2 Å². The first-order chi connectivity index (χ1) is 10.2. The minimum absolute atomic E-state index is 0.160. The second-order valence-corrected chi connectivity index (χ2v) is 5.39. The number of hydrogen-bond acceptors (Lipinski definition) is 2. The molecule has 1 aliphatic rings. The van der Waals surface area contributed by atoms with Crippen LogP contribution in [0.25, 0.3) is 0 Å². The molecule has 0 radical (unpaired) electrons. The van der Waals surface area contributed by atoms with Crippen molar-refractivity contribution in [1.82, 2.24) is 0 Å². The van der Waals surface area contributed by atoms with E-state index in [-0.39, 0.29) is 5.91 Å². The molecule has 0 aliphatic carbocycles. The fourth-order valence-electron chi connectivity index (χ4n) is 2.83. The van der Waals surface area contributed by atoms with Crippen LogP contribution < -0.4 is 9.64 Å². The van der Waals surface area contributed by atoms with E-state index in [0.29, 0.717) is 6.42 Å². The lowest BCUT2D eigenvalue weighted by Gasteiger charge is -2.18. The van der Waals surface area contributed by atoms with Gasteiger partial charge in [0.25, 0.3) is 0 Å². The number of benzene rings is 2. The van der Waals surface area contributed by atoms with Gasteiger partial charge in [-0.2, -0.15) is 0 Å². The van der Waals surface area contributed by atoms with Crippen molar-refractivity contribution in [2.24, 2.45) is 0 Å². The largest absolute Gasteiger partial charge is 0.497 e. The lowest BCUT2D eigenvalue weighted by Crippen LogP contribution is -2.30. The number of methoxy groups -OCH3 is 1. The Hall–Kier alpha value is -2.29. The Bertz CT molecular complexity index is 679. The van der Waals surface area contributed by atoms with Gasteiger partial charge in [-0.3, -0.25) is 4.79 Å². The number of anilines is 1. The molecule has 3 nitrogen and oxygen atoms in total. The Morgan fingerprint density at radius 3 is 2.81 bits per heavy atom. The summed E-state index contributed by atoms with van der Waals surface area (Å²) in [6.07, 6.45) is 1.35. The number of hydrogen-bond donors (Lipinski definition) is 0. The highest BCUT2D eigenvalue weighted by atomic mass is 16.5. The van der Waals surface area contributed by atoms with Gasteiger partial charge < -0.3 is 9.64 Å². The quantitative estimate of drug-likeness (QED) is 0.865. The van der Waals surface area contributed by atoms with Crippen molar-refractivity contribution in [2.75, 3.05) is 18.6 Å². The average molecular weight is 281 g/mol. The average Bonchev–Trinajstić information content (AvgIpc) is 2.92. The molecule has 3 heteroatoms. The summed E-state index contributed by atoms with van der Waals surface area (Å²) in [5.74, 6) is 1.01. The molecule has 108 valence electrons. The number of fused-ring (bicyclic) bond motifs is 1. The molecule has 1 heterocycles. The van der Waals surface area contributed by atoms with Crippen molar-refractivity contribution in [3.8, 4) is 5.75 Å². The summed E-state index contributed by atoms with van der Waals surface area (Å²) in [7, 11) is 1.66. The van der Waals surface area contributed by atoms with Gasteiger partial charge >= 0.3 is 0 Å². The molecule has 21 heavy (non-hydrogen) atoms. The number of carbonyl (C=O) groups excluding carboxylic acids is 1. The second kappa shape index (κ2) is 5.60. The molecule has 0 fully saturated rings. The van der Waals surface area contributed by atoms with Crippen LogP contribution in [-0.2, 0) is 17.6 Å². The van der Waals surface area contributed by atoms with E-state index in [4.69, 9.17) is 4.74 Å². The monoisotopic (exact) mass is 281 g/mol. The van der Waals surface area contributed by atoms with E-state index in [9.17, 15) is 4.79 Å². The van der Waals surface area contributed by atoms with Crippen LogP contribution in [0.15, 0.2) is 42.5 Å². The molecule has 2 aromatic rings. The van der Waals surface area contributed by atoms with Crippen molar-refractivity contribution in [1.29, 1.82) is 0 Å². The maximum Gasteiger partial charge on any atom is 0.231 e. The summed E-state index contributed by atoms with van der Waals surface area (Å²) >= 11 is 0. The van der Waals surface area contributed by atoms with E-state index < -0.39 is 0 Å². The Morgan fingerprint density at radius 2 is 2.05 bits per heavy atom. The number of rotatable bonds is 3. The van der Waals surface area contributed by atoms with Crippen LogP contribution in [0.3, 0.4) is 0 Å². The van der Waals surface area contributed by atoms with E-state index in [1.807, 2.05) is 54.3 Å². The molecule has 0 saturated heterocycles. The van der Waals surface area contributed by atoms with E-state index >= 15 is 0 Å². The minimum atomic E-state index is 0.160. The zero-order valence-electron chi connectivity index (χ0n) is 12.4. The highest BCUT2D eigenvalue weighted by molar-refractivity contribution is 5.97. The first kappa shape index (κ1) is 13.7. The molecule has 3 rings (SSSR count). The molecule has 0 saturated carbocycles. The third kappa shape index (κ3) is 2.64. The van der Waals surface area contributed by atoms with Crippen LogP contribution in [0.1, 0.15) is 16.7 Å². The molecule has 0 atom stereocenters. The molecule has 0 spiro atoms.